The molecule has 0 heterocycles. The number of alkyl carbamates (subject to hydrolysis) is 2. The maximum Gasteiger partial charge on any atom is 0.407 e. The second-order valence-corrected chi connectivity index (χ2v) is 12.4. The van der Waals surface area contributed by atoms with E-state index in [0.29, 0.717) is 39.5 Å². The molecule has 0 aliphatic carbocycles. The van der Waals surface area contributed by atoms with Crippen LogP contribution in [-0.2, 0) is 28.0 Å². The second-order valence-electron chi connectivity index (χ2n) is 8.54. The molecule has 2 amide bonds. The molecule has 0 atom stereocenters. The first-order chi connectivity index (χ1) is 17.3. The number of nitrogens with one attached hydrogen (secondary N) is 2. The molecule has 38 heavy (non-hydrogen) atoms. The fraction of sp³-hybridized carbons (Fsp3) is 0.900. The molecule has 0 bridgehead atoms. The van der Waals surface area contributed by atoms with Crippen LogP contribution in [0.2, 0.25) is 0 Å². The highest BCUT2D eigenvalue weighted by Gasteiger charge is 2.16. The third kappa shape index (κ3) is 64.5. The summed E-state index contributed by atoms with van der Waals surface area (Å²) in [5, 5.41) is 17.0. The predicted molar refractivity (Wildman–Crippen MR) is 148 cm³/mol. The normalized spacial score (nSPS) is 10.5. The number of amides is 2. The van der Waals surface area contributed by atoms with Crippen LogP contribution >= 0.6 is 33.9 Å². The van der Waals surface area contributed by atoms with Gasteiger partial charge in [-0.25, -0.2) is 18.0 Å². The largest absolute Gasteiger partial charge is 0.444 e. The van der Waals surface area contributed by atoms with Crippen molar-refractivity contribution in [3.63, 3.8) is 0 Å². The number of aliphatic hydroxyl groups is 1. The van der Waals surface area contributed by atoms with Gasteiger partial charge in [0.05, 0.1) is 44.6 Å². The number of azide groups is 1. The van der Waals surface area contributed by atoms with Crippen molar-refractivity contribution in [1.82, 2.24) is 10.6 Å². The molecule has 0 rings (SSSR count). The maximum absolute atomic E-state index is 11.1. The number of rotatable bonds is 11. The average Bonchev–Trinajstić information content (AvgIpc) is 2.70. The molecule has 0 aliphatic rings. The molecule has 0 saturated carbocycles. The Labute approximate surface area is 240 Å². The van der Waals surface area contributed by atoms with Gasteiger partial charge in [0.2, 0.25) is 9.05 Å². The van der Waals surface area contributed by atoms with Gasteiger partial charge in [0.1, 0.15) is 11.2 Å². The van der Waals surface area contributed by atoms with Crippen molar-refractivity contribution >= 4 is 55.1 Å². The summed E-state index contributed by atoms with van der Waals surface area (Å²) in [6, 6.07) is 0. The highest BCUT2D eigenvalue weighted by atomic mass is 35.7. The van der Waals surface area contributed by atoms with Crippen LogP contribution < -0.4 is 10.6 Å². The molecule has 3 N–H and O–H groups in total. The number of carbonyl (C=O) groups is 2. The summed E-state index contributed by atoms with van der Waals surface area (Å²) in [7, 11) is 1.31. The molecule has 0 aromatic carbocycles. The topological polar surface area (TPSA) is 198 Å². The Bertz CT molecular complexity index is 735. The summed E-state index contributed by atoms with van der Waals surface area (Å²) in [4.78, 5) is 24.8. The summed E-state index contributed by atoms with van der Waals surface area (Å²) in [6.45, 7) is 13.2. The first-order valence-electron chi connectivity index (χ1n) is 11.0. The van der Waals surface area contributed by atoms with E-state index >= 15 is 0 Å². The van der Waals surface area contributed by atoms with Gasteiger partial charge in [-0.2, -0.15) is 0 Å². The lowest BCUT2D eigenvalue weighted by Gasteiger charge is -2.19. The first kappa shape index (κ1) is 43.6. The van der Waals surface area contributed by atoms with Crippen molar-refractivity contribution in [2.75, 3.05) is 64.3 Å². The van der Waals surface area contributed by atoms with E-state index in [1.165, 1.54) is 0 Å². The van der Waals surface area contributed by atoms with Crippen molar-refractivity contribution in [2.45, 2.75) is 52.7 Å². The third-order valence-corrected chi connectivity index (χ3v) is 2.46. The van der Waals surface area contributed by atoms with E-state index in [4.69, 9.17) is 52.8 Å². The summed E-state index contributed by atoms with van der Waals surface area (Å²) in [6.07, 6.45) is 0.00501. The summed E-state index contributed by atoms with van der Waals surface area (Å²) < 4.78 is 38.8. The molecule has 0 saturated heterocycles. The maximum atomic E-state index is 11.1. The highest BCUT2D eigenvalue weighted by Crippen LogP contribution is 2.06. The Morgan fingerprint density at radius 3 is 1.53 bits per heavy atom. The van der Waals surface area contributed by atoms with E-state index in [2.05, 4.69) is 31.3 Å². The summed E-state index contributed by atoms with van der Waals surface area (Å²) >= 11 is 9.53. The lowest BCUT2D eigenvalue weighted by Crippen LogP contribution is -2.34. The van der Waals surface area contributed by atoms with Crippen LogP contribution in [0.1, 0.15) is 41.5 Å². The zero-order chi connectivity index (χ0) is 30.7. The minimum atomic E-state index is -3.19. The van der Waals surface area contributed by atoms with E-state index in [0.717, 1.165) is 6.26 Å². The van der Waals surface area contributed by atoms with Gasteiger partial charge in [-0.15, -0.1) is 23.2 Å². The molecule has 0 aliphatic heterocycles. The Morgan fingerprint density at radius 2 is 1.24 bits per heavy atom. The van der Waals surface area contributed by atoms with Crippen molar-refractivity contribution in [3.05, 3.63) is 10.4 Å². The molecule has 0 fully saturated rings. The summed E-state index contributed by atoms with van der Waals surface area (Å²) in [5.41, 5.74) is 7.01. The number of alkyl halides is 2. The van der Waals surface area contributed by atoms with Crippen LogP contribution in [0.25, 0.3) is 10.4 Å². The monoisotopic (exact) mass is 633 g/mol. The minimum Gasteiger partial charge on any atom is -0.444 e. The molecule has 0 radical (unpaired) electrons. The number of halogens is 3. The quantitative estimate of drug-likeness (QED) is 0.0751. The van der Waals surface area contributed by atoms with Gasteiger partial charge in [-0.05, 0) is 47.1 Å². The zero-order valence-corrected chi connectivity index (χ0v) is 26.0. The Kier molecular flexibility index (Phi) is 31.1. The first-order valence-corrected chi connectivity index (χ1v) is 14.8. The van der Waals surface area contributed by atoms with Crippen molar-refractivity contribution in [1.29, 1.82) is 0 Å². The van der Waals surface area contributed by atoms with Crippen LogP contribution in [0.4, 0.5) is 9.59 Å². The number of ether oxygens (including phenoxy) is 4. The molecular formula is C20H42Cl3N5O9S. The second kappa shape index (κ2) is 27.1. The molecule has 0 aromatic heterocycles. The molecule has 0 unspecified atom stereocenters. The standard InChI is InChI=1S/C9H18N4O3.C9H19NO4.CH2Cl2.CH3ClO2S/c1-9(2,3)16-8(14)11-4-6-15-7-5-12-13-10;1-9(2,3)14-8(12)10-4-6-13-7-5-11;2-1-3;1-5(2,3)4/h4-7H2,1-3H3,(H,11,14);11H,4-7H2,1-3H3,(H,10,12);1H2;1H3. The van der Waals surface area contributed by atoms with Crippen molar-refractivity contribution in [3.8, 4) is 0 Å². The Balaban J connectivity index is -0.000000238. The minimum absolute atomic E-state index is 0.00750. The number of hydrogen-bond donors (Lipinski definition) is 3. The van der Waals surface area contributed by atoms with Gasteiger partial charge in [0, 0.05) is 35.2 Å². The van der Waals surface area contributed by atoms with Gasteiger partial charge in [0.25, 0.3) is 0 Å². The molecule has 0 spiro atoms. The van der Waals surface area contributed by atoms with E-state index in [9.17, 15) is 18.0 Å². The lowest BCUT2D eigenvalue weighted by molar-refractivity contribution is 0.0480. The molecule has 18 heteroatoms. The average molecular weight is 635 g/mol. The highest BCUT2D eigenvalue weighted by molar-refractivity contribution is 8.13. The van der Waals surface area contributed by atoms with E-state index < -0.39 is 32.4 Å². The van der Waals surface area contributed by atoms with E-state index in [-0.39, 0.29) is 18.6 Å². The van der Waals surface area contributed by atoms with Gasteiger partial charge in [-0.1, -0.05) is 5.11 Å². The number of carbonyl (C=O) groups excluding carboxylic acids is 2. The SMILES string of the molecule is CC(C)(C)OC(=O)NCCOCCN=[N+]=[N-].CC(C)(C)OC(=O)NCCOCCO.CS(=O)(=O)Cl.ClCCl. The van der Waals surface area contributed by atoms with Crippen LogP contribution in [0.5, 0.6) is 0 Å². The molecule has 14 nitrogen and oxygen atoms in total. The Morgan fingerprint density at radius 1 is 0.895 bits per heavy atom. The predicted octanol–water partition coefficient (Wildman–Crippen LogP) is 3.96. The lowest BCUT2D eigenvalue weighted by atomic mass is 10.2. The van der Waals surface area contributed by atoms with Crippen LogP contribution in [0.15, 0.2) is 5.11 Å². The number of aliphatic hydroxyl groups excluding tert-OH is 1. The zero-order valence-electron chi connectivity index (χ0n) is 23.0. The fourth-order valence-electron chi connectivity index (χ4n) is 1.50. The Hall–Kier alpha value is -1.45. The van der Waals surface area contributed by atoms with Gasteiger partial charge < -0.3 is 34.7 Å². The van der Waals surface area contributed by atoms with Crippen molar-refractivity contribution in [2.24, 2.45) is 5.11 Å². The third-order valence-electron chi connectivity index (χ3n) is 2.46. The van der Waals surface area contributed by atoms with Crippen LogP contribution in [0, 0.1) is 0 Å². The number of nitrogens with zero attached hydrogens (tertiary/aromatic N) is 3. The molecule has 228 valence electrons. The smallest absolute Gasteiger partial charge is 0.407 e. The van der Waals surface area contributed by atoms with E-state index in [1.807, 2.05) is 0 Å². The van der Waals surface area contributed by atoms with Crippen LogP contribution in [-0.4, -0.2) is 101 Å². The van der Waals surface area contributed by atoms with Gasteiger partial charge in [0.15, 0.2) is 0 Å². The molecule has 0 aromatic rings. The summed E-state index contributed by atoms with van der Waals surface area (Å²) in [5.74, 6) is 0. The fourth-order valence-corrected chi connectivity index (χ4v) is 1.50. The van der Waals surface area contributed by atoms with Crippen molar-refractivity contribution < 1.29 is 42.1 Å². The van der Waals surface area contributed by atoms with Gasteiger partial charge >= 0.3 is 12.2 Å². The van der Waals surface area contributed by atoms with Gasteiger partial charge in [-0.3, -0.25) is 0 Å². The van der Waals surface area contributed by atoms with E-state index in [1.54, 1.807) is 41.5 Å². The molecular weight excluding hydrogens is 593 g/mol. The number of hydrogen-bond acceptors (Lipinski definition) is 10. The van der Waals surface area contributed by atoms with Crippen LogP contribution in [0.3, 0.4) is 0 Å².